The summed E-state index contributed by atoms with van der Waals surface area (Å²) in [5.74, 6) is 0.862. The average molecular weight is 342 g/mol. The van der Waals surface area contributed by atoms with Crippen LogP contribution in [0.4, 0.5) is 0 Å². The van der Waals surface area contributed by atoms with E-state index in [-0.39, 0.29) is 4.90 Å². The largest absolute Gasteiger partial charge is 0.493 e. The van der Waals surface area contributed by atoms with E-state index in [1.807, 2.05) is 12.3 Å². The molecule has 0 atom stereocenters. The number of methoxy groups -OCH3 is 2. The molecular formula is C14H18N2O4S2. The molecule has 0 aliphatic carbocycles. The van der Waals surface area contributed by atoms with Crippen LogP contribution in [-0.4, -0.2) is 34.2 Å². The van der Waals surface area contributed by atoms with Gasteiger partial charge in [0.1, 0.15) is 0 Å². The predicted molar refractivity (Wildman–Crippen MR) is 85.3 cm³/mol. The third kappa shape index (κ3) is 3.96. The van der Waals surface area contributed by atoms with Gasteiger partial charge in [-0.15, -0.1) is 11.3 Å². The van der Waals surface area contributed by atoms with Crippen LogP contribution in [0.5, 0.6) is 11.5 Å². The van der Waals surface area contributed by atoms with Crippen molar-refractivity contribution in [1.82, 2.24) is 9.71 Å². The fourth-order valence-corrected chi connectivity index (χ4v) is 3.70. The van der Waals surface area contributed by atoms with Crippen LogP contribution in [0.25, 0.3) is 0 Å². The fourth-order valence-electron chi connectivity index (χ4n) is 1.88. The Morgan fingerprint density at radius 3 is 2.55 bits per heavy atom. The summed E-state index contributed by atoms with van der Waals surface area (Å²) in [5.41, 5.74) is 0.947. The van der Waals surface area contributed by atoms with Crippen molar-refractivity contribution in [2.24, 2.45) is 0 Å². The molecule has 2 rings (SSSR count). The molecule has 0 saturated carbocycles. The number of ether oxygens (including phenoxy) is 2. The molecular weight excluding hydrogens is 324 g/mol. The zero-order valence-corrected chi connectivity index (χ0v) is 14.3. The molecule has 0 aliphatic heterocycles. The summed E-state index contributed by atoms with van der Waals surface area (Å²) in [4.78, 5) is 4.44. The normalized spacial score (nSPS) is 11.4. The number of hydrogen-bond acceptors (Lipinski definition) is 6. The zero-order valence-electron chi connectivity index (χ0n) is 12.6. The van der Waals surface area contributed by atoms with Crippen LogP contribution in [-0.2, 0) is 16.4 Å². The predicted octanol–water partition coefficient (Wildman–Crippen LogP) is 1.99. The molecule has 0 spiro atoms. The molecule has 1 aromatic carbocycles. The third-order valence-electron chi connectivity index (χ3n) is 2.96. The Morgan fingerprint density at radius 1 is 1.23 bits per heavy atom. The summed E-state index contributed by atoms with van der Waals surface area (Å²) >= 11 is 1.52. The highest BCUT2D eigenvalue weighted by molar-refractivity contribution is 7.89. The van der Waals surface area contributed by atoms with E-state index in [0.29, 0.717) is 24.5 Å². The standard InChI is InChI=1S/C14H18N2O4S2/c1-10-9-21-14(16-10)6-7-15-22(17,18)11-4-5-12(19-2)13(8-11)20-3/h4-5,8-9,15H,6-7H2,1-3H3. The lowest BCUT2D eigenvalue weighted by Gasteiger charge is -2.10. The minimum absolute atomic E-state index is 0.139. The van der Waals surface area contributed by atoms with Crippen LogP contribution < -0.4 is 14.2 Å². The van der Waals surface area contributed by atoms with Crippen LogP contribution in [0.15, 0.2) is 28.5 Å². The van der Waals surface area contributed by atoms with E-state index >= 15 is 0 Å². The highest BCUT2D eigenvalue weighted by atomic mass is 32.2. The third-order valence-corrected chi connectivity index (χ3v) is 5.45. The molecule has 0 unspecified atom stereocenters. The summed E-state index contributed by atoms with van der Waals surface area (Å²) < 4.78 is 37.3. The summed E-state index contributed by atoms with van der Waals surface area (Å²) in [7, 11) is -0.625. The Morgan fingerprint density at radius 2 is 1.95 bits per heavy atom. The molecule has 6 nitrogen and oxygen atoms in total. The highest BCUT2D eigenvalue weighted by Gasteiger charge is 2.16. The number of rotatable bonds is 7. The fraction of sp³-hybridized carbons (Fsp3) is 0.357. The number of hydrogen-bond donors (Lipinski definition) is 1. The highest BCUT2D eigenvalue weighted by Crippen LogP contribution is 2.29. The van der Waals surface area contributed by atoms with Gasteiger partial charge in [0.05, 0.1) is 24.1 Å². The van der Waals surface area contributed by atoms with Crippen molar-refractivity contribution in [1.29, 1.82) is 0 Å². The number of aromatic nitrogens is 1. The maximum atomic E-state index is 12.3. The molecule has 120 valence electrons. The molecule has 22 heavy (non-hydrogen) atoms. The van der Waals surface area contributed by atoms with E-state index in [9.17, 15) is 8.42 Å². The van der Waals surface area contributed by atoms with Crippen molar-refractivity contribution in [2.45, 2.75) is 18.2 Å². The lowest BCUT2D eigenvalue weighted by molar-refractivity contribution is 0.354. The lowest BCUT2D eigenvalue weighted by Crippen LogP contribution is -2.26. The van der Waals surface area contributed by atoms with E-state index in [4.69, 9.17) is 9.47 Å². The van der Waals surface area contributed by atoms with Crippen molar-refractivity contribution in [3.8, 4) is 11.5 Å². The van der Waals surface area contributed by atoms with Gasteiger partial charge in [-0.3, -0.25) is 0 Å². The number of aryl methyl sites for hydroxylation is 1. The minimum Gasteiger partial charge on any atom is -0.493 e. The molecule has 0 bridgehead atoms. The average Bonchev–Trinajstić information content (AvgIpc) is 2.91. The summed E-state index contributed by atoms with van der Waals surface area (Å²) in [5, 5.41) is 2.85. The second-order valence-electron chi connectivity index (χ2n) is 4.55. The number of benzene rings is 1. The number of sulfonamides is 1. The molecule has 0 amide bonds. The van der Waals surface area contributed by atoms with Crippen LogP contribution in [0.2, 0.25) is 0 Å². The molecule has 1 heterocycles. The van der Waals surface area contributed by atoms with Crippen LogP contribution in [0, 0.1) is 6.92 Å². The lowest BCUT2D eigenvalue weighted by atomic mass is 10.3. The van der Waals surface area contributed by atoms with Crippen molar-refractivity contribution >= 4 is 21.4 Å². The molecule has 0 aliphatic rings. The Kier molecular flexibility index (Phi) is 5.38. The monoisotopic (exact) mass is 342 g/mol. The topological polar surface area (TPSA) is 77.5 Å². The maximum Gasteiger partial charge on any atom is 0.240 e. The summed E-state index contributed by atoms with van der Waals surface area (Å²) in [6.07, 6.45) is 0.561. The molecule has 2 aromatic rings. The van der Waals surface area contributed by atoms with Crippen LogP contribution in [0.1, 0.15) is 10.7 Å². The number of thiazole rings is 1. The summed E-state index contributed by atoms with van der Waals surface area (Å²) in [6.45, 7) is 2.21. The molecule has 0 radical (unpaired) electrons. The van der Waals surface area contributed by atoms with Gasteiger partial charge in [0, 0.05) is 30.1 Å². The number of nitrogens with one attached hydrogen (secondary N) is 1. The Bertz CT molecular complexity index is 741. The smallest absolute Gasteiger partial charge is 0.240 e. The van der Waals surface area contributed by atoms with Crippen molar-refractivity contribution in [3.63, 3.8) is 0 Å². The van der Waals surface area contributed by atoms with Gasteiger partial charge in [-0.25, -0.2) is 18.1 Å². The van der Waals surface area contributed by atoms with Gasteiger partial charge >= 0.3 is 0 Å². The van der Waals surface area contributed by atoms with Gasteiger partial charge in [-0.05, 0) is 19.1 Å². The summed E-state index contributed by atoms with van der Waals surface area (Å²) in [6, 6.07) is 4.49. The first kappa shape index (κ1) is 16.7. The minimum atomic E-state index is -3.59. The van der Waals surface area contributed by atoms with Gasteiger partial charge in [0.2, 0.25) is 10.0 Å². The van der Waals surface area contributed by atoms with E-state index < -0.39 is 10.0 Å². The SMILES string of the molecule is COc1ccc(S(=O)(=O)NCCc2nc(C)cs2)cc1OC. The van der Waals surface area contributed by atoms with E-state index in [1.165, 1.54) is 37.7 Å². The first-order valence-corrected chi connectivity index (χ1v) is 8.95. The van der Waals surface area contributed by atoms with Crippen LogP contribution in [0.3, 0.4) is 0 Å². The molecule has 0 fully saturated rings. The van der Waals surface area contributed by atoms with E-state index in [2.05, 4.69) is 9.71 Å². The van der Waals surface area contributed by atoms with Crippen LogP contribution >= 0.6 is 11.3 Å². The Balaban J connectivity index is 2.06. The van der Waals surface area contributed by atoms with Gasteiger partial charge in [-0.1, -0.05) is 0 Å². The number of nitrogens with zero attached hydrogens (tertiary/aromatic N) is 1. The van der Waals surface area contributed by atoms with Crippen molar-refractivity contribution < 1.29 is 17.9 Å². The van der Waals surface area contributed by atoms with Crippen molar-refractivity contribution in [2.75, 3.05) is 20.8 Å². The van der Waals surface area contributed by atoms with E-state index in [1.54, 1.807) is 6.07 Å². The molecule has 0 saturated heterocycles. The molecule has 1 aromatic heterocycles. The van der Waals surface area contributed by atoms with Gasteiger partial charge in [0.15, 0.2) is 11.5 Å². The van der Waals surface area contributed by atoms with Gasteiger partial charge < -0.3 is 9.47 Å². The second-order valence-corrected chi connectivity index (χ2v) is 7.26. The zero-order chi connectivity index (χ0) is 16.2. The van der Waals surface area contributed by atoms with Crippen molar-refractivity contribution in [3.05, 3.63) is 34.3 Å². The Labute approximate surface area is 134 Å². The maximum absolute atomic E-state index is 12.3. The molecule has 1 N–H and O–H groups in total. The Hall–Kier alpha value is -1.64. The first-order chi connectivity index (χ1) is 10.5. The quantitative estimate of drug-likeness (QED) is 0.832. The van der Waals surface area contributed by atoms with Gasteiger partial charge in [-0.2, -0.15) is 0 Å². The van der Waals surface area contributed by atoms with E-state index in [0.717, 1.165) is 10.7 Å². The molecule has 8 heteroatoms. The first-order valence-electron chi connectivity index (χ1n) is 6.59. The second kappa shape index (κ2) is 7.08. The van der Waals surface area contributed by atoms with Gasteiger partial charge in [0.25, 0.3) is 0 Å².